The molecule has 8 N–H and O–H groups in total. The van der Waals surface area contributed by atoms with Crippen LogP contribution in [0, 0.1) is 0 Å². The van der Waals surface area contributed by atoms with Crippen molar-refractivity contribution in [3.8, 4) is 11.5 Å². The number of unbranched alkanes of at least 4 members (excludes halogenated alkanes) is 1. The van der Waals surface area contributed by atoms with E-state index in [2.05, 4.69) is 5.32 Å². The quantitative estimate of drug-likeness (QED) is 0.0621. The standard InChI is InChI=1S/C35H44N4O5/c1-3-26-16-17-27(21-29(26)31(40)4-2)43-19-8-7-11-34(42)39-23-25-14-12-24(13-15-25)18-20-44-33(35(37)38)22-30(36)28-9-5-6-10-32(28)41/h5-6,9-10,12-17,21-22,41H,3-4,7-8,11,18-20,23,36-38H2,1-2H3,(H,39,42)/b30-22-. The van der Waals surface area contributed by atoms with Gasteiger partial charge in [-0.3, -0.25) is 9.59 Å². The van der Waals surface area contributed by atoms with Crippen LogP contribution in [0.15, 0.2) is 84.4 Å². The average molecular weight is 601 g/mol. The Balaban J connectivity index is 1.36. The van der Waals surface area contributed by atoms with E-state index >= 15 is 0 Å². The lowest BCUT2D eigenvalue weighted by atomic mass is 10.00. The van der Waals surface area contributed by atoms with E-state index in [9.17, 15) is 14.7 Å². The van der Waals surface area contributed by atoms with Crippen LogP contribution >= 0.6 is 0 Å². The van der Waals surface area contributed by atoms with Gasteiger partial charge in [0.1, 0.15) is 17.3 Å². The summed E-state index contributed by atoms with van der Waals surface area (Å²) in [5.74, 6) is 1.06. The van der Waals surface area contributed by atoms with Gasteiger partial charge in [-0.15, -0.1) is 0 Å². The summed E-state index contributed by atoms with van der Waals surface area (Å²) in [5.41, 5.74) is 22.2. The van der Waals surface area contributed by atoms with E-state index in [1.807, 2.05) is 56.3 Å². The first-order chi connectivity index (χ1) is 21.2. The van der Waals surface area contributed by atoms with Crippen LogP contribution in [0.2, 0.25) is 0 Å². The van der Waals surface area contributed by atoms with Crippen molar-refractivity contribution in [1.29, 1.82) is 0 Å². The highest BCUT2D eigenvalue weighted by Crippen LogP contribution is 2.23. The second-order valence-electron chi connectivity index (χ2n) is 10.4. The van der Waals surface area contributed by atoms with Gasteiger partial charge in [-0.05, 0) is 60.2 Å². The van der Waals surface area contributed by atoms with Crippen LogP contribution in [0.25, 0.3) is 5.70 Å². The summed E-state index contributed by atoms with van der Waals surface area (Å²) in [4.78, 5) is 24.5. The topological polar surface area (TPSA) is 163 Å². The number of carbonyl (C=O) groups is 2. The first-order valence-electron chi connectivity index (χ1n) is 15.0. The molecule has 9 heteroatoms. The minimum Gasteiger partial charge on any atom is -0.507 e. The first-order valence-corrected chi connectivity index (χ1v) is 15.0. The number of nitrogens with two attached hydrogens (primary N) is 3. The highest BCUT2D eigenvalue weighted by atomic mass is 16.5. The predicted molar refractivity (Wildman–Crippen MR) is 173 cm³/mol. The van der Waals surface area contributed by atoms with E-state index < -0.39 is 0 Å². The van der Waals surface area contributed by atoms with E-state index in [1.54, 1.807) is 24.3 Å². The lowest BCUT2D eigenvalue weighted by molar-refractivity contribution is -0.121. The van der Waals surface area contributed by atoms with Gasteiger partial charge in [-0.2, -0.15) is 0 Å². The highest BCUT2D eigenvalue weighted by molar-refractivity contribution is 5.97. The smallest absolute Gasteiger partial charge is 0.220 e. The third kappa shape index (κ3) is 10.4. The van der Waals surface area contributed by atoms with Gasteiger partial charge in [0.05, 0.1) is 13.2 Å². The number of para-hydroxylation sites is 1. The van der Waals surface area contributed by atoms with Crippen molar-refractivity contribution in [3.05, 3.63) is 112 Å². The number of ether oxygens (including phenoxy) is 2. The van der Waals surface area contributed by atoms with Crippen molar-refractivity contribution in [2.24, 2.45) is 17.2 Å². The minimum absolute atomic E-state index is 0.0117. The maximum absolute atomic E-state index is 12.3. The molecule has 0 spiro atoms. The molecule has 0 aliphatic rings. The third-order valence-corrected chi connectivity index (χ3v) is 7.10. The number of Topliss-reactive ketones (excluding diaryl/α,β-unsaturated/α-hetero) is 1. The fraction of sp³-hybridized carbons (Fsp3) is 0.314. The Morgan fingerprint density at radius 3 is 2.30 bits per heavy atom. The van der Waals surface area contributed by atoms with Crippen LogP contribution in [0.4, 0.5) is 0 Å². The molecule has 3 aromatic carbocycles. The number of benzene rings is 3. The number of hydrogen-bond donors (Lipinski definition) is 5. The predicted octanol–water partition coefficient (Wildman–Crippen LogP) is 5.06. The molecule has 0 saturated heterocycles. The van der Waals surface area contributed by atoms with Crippen LogP contribution < -0.4 is 27.3 Å². The van der Waals surface area contributed by atoms with Gasteiger partial charge in [0.15, 0.2) is 11.5 Å². The van der Waals surface area contributed by atoms with E-state index in [4.69, 9.17) is 26.7 Å². The lowest BCUT2D eigenvalue weighted by Gasteiger charge is -2.11. The zero-order valence-electron chi connectivity index (χ0n) is 25.6. The van der Waals surface area contributed by atoms with Gasteiger partial charge < -0.3 is 37.1 Å². The van der Waals surface area contributed by atoms with Gasteiger partial charge in [0, 0.05) is 48.7 Å². The largest absolute Gasteiger partial charge is 0.507 e. The number of aromatic hydroxyl groups is 1. The number of amides is 1. The van der Waals surface area contributed by atoms with Crippen molar-refractivity contribution in [3.63, 3.8) is 0 Å². The Kier molecular flexibility index (Phi) is 13.2. The summed E-state index contributed by atoms with van der Waals surface area (Å²) in [5, 5.41) is 13.0. The second kappa shape index (κ2) is 17.3. The third-order valence-electron chi connectivity index (χ3n) is 7.10. The number of allylic oxidation sites excluding steroid dienone is 1. The molecule has 0 aliphatic carbocycles. The van der Waals surface area contributed by atoms with Crippen LogP contribution in [0.5, 0.6) is 11.5 Å². The summed E-state index contributed by atoms with van der Waals surface area (Å²) in [7, 11) is 0. The van der Waals surface area contributed by atoms with Gasteiger partial charge >= 0.3 is 0 Å². The van der Waals surface area contributed by atoms with Gasteiger partial charge in [-0.1, -0.05) is 56.3 Å². The zero-order chi connectivity index (χ0) is 31.9. The molecule has 0 atom stereocenters. The Morgan fingerprint density at radius 1 is 0.886 bits per heavy atom. The number of aryl methyl sites for hydroxylation is 1. The summed E-state index contributed by atoms with van der Waals surface area (Å²) in [6, 6.07) is 20.3. The Labute approximate surface area is 259 Å². The van der Waals surface area contributed by atoms with E-state index in [1.165, 1.54) is 6.08 Å². The molecule has 3 aromatic rings. The molecule has 0 bridgehead atoms. The fourth-order valence-corrected chi connectivity index (χ4v) is 4.52. The summed E-state index contributed by atoms with van der Waals surface area (Å²) < 4.78 is 11.6. The SMILES string of the molecule is CCC(=O)c1cc(OCCCCC(=O)NCc2ccc(CCOC(/C=C(\N)c3ccccc3O)=C(N)N)cc2)ccc1CC. The Hall–Kier alpha value is -4.92. The molecule has 0 fully saturated rings. The molecule has 0 unspecified atom stereocenters. The molecular weight excluding hydrogens is 556 g/mol. The van der Waals surface area contributed by atoms with E-state index in [-0.39, 0.29) is 34.7 Å². The summed E-state index contributed by atoms with van der Waals surface area (Å²) in [6.07, 6.45) is 5.23. The van der Waals surface area contributed by atoms with Crippen molar-refractivity contribution in [1.82, 2.24) is 5.32 Å². The number of nitrogens with one attached hydrogen (secondary N) is 1. The molecular formula is C35H44N4O5. The number of phenolic OH excluding ortho intramolecular Hbond substituents is 1. The van der Waals surface area contributed by atoms with Gasteiger partial charge in [0.25, 0.3) is 0 Å². The molecule has 3 rings (SSSR count). The van der Waals surface area contributed by atoms with E-state index in [0.29, 0.717) is 56.8 Å². The summed E-state index contributed by atoms with van der Waals surface area (Å²) >= 11 is 0. The van der Waals surface area contributed by atoms with Gasteiger partial charge in [-0.25, -0.2) is 0 Å². The molecule has 0 heterocycles. The monoisotopic (exact) mass is 600 g/mol. The fourth-order valence-electron chi connectivity index (χ4n) is 4.52. The number of carbonyl (C=O) groups excluding carboxylic acids is 2. The number of hydrogen-bond acceptors (Lipinski definition) is 8. The molecule has 44 heavy (non-hydrogen) atoms. The van der Waals surface area contributed by atoms with E-state index in [0.717, 1.165) is 35.1 Å². The van der Waals surface area contributed by atoms with Crippen molar-refractivity contribution >= 4 is 17.4 Å². The number of rotatable bonds is 17. The van der Waals surface area contributed by atoms with Crippen molar-refractivity contribution in [2.75, 3.05) is 13.2 Å². The highest BCUT2D eigenvalue weighted by Gasteiger charge is 2.11. The maximum Gasteiger partial charge on any atom is 0.220 e. The second-order valence-corrected chi connectivity index (χ2v) is 10.4. The minimum atomic E-state index is -0.0135. The number of ketones is 1. The molecule has 1 amide bonds. The van der Waals surface area contributed by atoms with Gasteiger partial charge in [0.2, 0.25) is 5.91 Å². The lowest BCUT2D eigenvalue weighted by Crippen LogP contribution is -2.22. The zero-order valence-corrected chi connectivity index (χ0v) is 25.6. The molecule has 0 aromatic heterocycles. The van der Waals surface area contributed by atoms with Crippen LogP contribution in [0.3, 0.4) is 0 Å². The number of phenols is 1. The Bertz CT molecular complexity index is 1460. The molecule has 9 nitrogen and oxygen atoms in total. The molecule has 0 aliphatic heterocycles. The van der Waals surface area contributed by atoms with Crippen molar-refractivity contribution < 1.29 is 24.2 Å². The summed E-state index contributed by atoms with van der Waals surface area (Å²) in [6.45, 7) is 5.14. The molecule has 0 saturated carbocycles. The maximum atomic E-state index is 12.3. The molecule has 234 valence electrons. The normalized spacial score (nSPS) is 11.1. The Morgan fingerprint density at radius 2 is 1.61 bits per heavy atom. The average Bonchev–Trinajstić information content (AvgIpc) is 3.03. The van der Waals surface area contributed by atoms with Crippen LogP contribution in [-0.2, 0) is 28.9 Å². The van der Waals surface area contributed by atoms with Crippen LogP contribution in [-0.4, -0.2) is 30.0 Å². The molecule has 0 radical (unpaired) electrons. The first kappa shape index (κ1) is 33.6. The van der Waals surface area contributed by atoms with Crippen LogP contribution in [0.1, 0.15) is 72.1 Å². The van der Waals surface area contributed by atoms with Crippen molar-refractivity contribution in [2.45, 2.75) is 58.9 Å².